The standard InChI is InChI=1S/C29H35N3O4.Na/c1-3-21-11-15-29(16-12-21)31-26(24-6-4-5-20(2)19-24)28(36)32(29)18-14-22-7-9-23(10-8-22)27(35)30-17-13-25(33)34;/h4-10,19,21H,3,11-18H2,1-2H3,(H,30,35)(H,33,34);/q;+1/p-1. The van der Waals surface area contributed by atoms with Crippen LogP contribution in [0, 0.1) is 12.8 Å². The molecule has 1 spiro atoms. The van der Waals surface area contributed by atoms with E-state index in [2.05, 4.69) is 12.2 Å². The average molecular weight is 512 g/mol. The van der Waals surface area contributed by atoms with Crippen LogP contribution < -0.4 is 40.0 Å². The Balaban J connectivity index is 0.00000380. The first-order chi connectivity index (χ1) is 17.3. The number of carbonyl (C=O) groups excluding carboxylic acids is 3. The summed E-state index contributed by atoms with van der Waals surface area (Å²) in [6, 6.07) is 15.2. The molecule has 2 aromatic carbocycles. The number of carboxylic acids is 1. The van der Waals surface area contributed by atoms with Crippen molar-refractivity contribution in [3.05, 3.63) is 70.8 Å². The van der Waals surface area contributed by atoms with Crippen molar-refractivity contribution in [3.63, 3.8) is 0 Å². The van der Waals surface area contributed by atoms with Crippen LogP contribution in [0.1, 0.15) is 72.5 Å². The second-order valence-corrected chi connectivity index (χ2v) is 9.95. The van der Waals surface area contributed by atoms with Crippen molar-refractivity contribution in [1.82, 2.24) is 10.2 Å². The predicted octanol–water partition coefficient (Wildman–Crippen LogP) is 0.0393. The number of aliphatic carboxylic acids is 1. The van der Waals surface area contributed by atoms with Crippen LogP contribution >= 0.6 is 0 Å². The zero-order chi connectivity index (χ0) is 25.7. The Morgan fingerprint density at radius 1 is 1.14 bits per heavy atom. The number of nitrogens with zero attached hydrogens (tertiary/aromatic N) is 2. The minimum absolute atomic E-state index is 0. The molecule has 2 aliphatic rings. The van der Waals surface area contributed by atoms with Gasteiger partial charge in [0.15, 0.2) is 0 Å². The van der Waals surface area contributed by atoms with Gasteiger partial charge in [0.05, 0.1) is 0 Å². The summed E-state index contributed by atoms with van der Waals surface area (Å²) in [6.07, 6.45) is 5.52. The summed E-state index contributed by atoms with van der Waals surface area (Å²) in [5.41, 5.74) is 3.57. The van der Waals surface area contributed by atoms with Crippen LogP contribution in [-0.4, -0.2) is 47.1 Å². The molecule has 2 amide bonds. The van der Waals surface area contributed by atoms with Crippen molar-refractivity contribution in [2.75, 3.05) is 13.1 Å². The first-order valence-corrected chi connectivity index (χ1v) is 12.9. The molecule has 4 rings (SSSR count). The van der Waals surface area contributed by atoms with Gasteiger partial charge in [-0.3, -0.25) is 14.6 Å². The molecule has 1 aliphatic carbocycles. The van der Waals surface area contributed by atoms with Gasteiger partial charge in [-0.2, -0.15) is 0 Å². The molecule has 0 atom stereocenters. The van der Waals surface area contributed by atoms with E-state index in [1.807, 2.05) is 48.2 Å². The van der Waals surface area contributed by atoms with Crippen LogP contribution in [0.5, 0.6) is 0 Å². The summed E-state index contributed by atoms with van der Waals surface area (Å²) in [4.78, 5) is 43.5. The van der Waals surface area contributed by atoms with Crippen molar-refractivity contribution in [2.45, 2.75) is 64.5 Å². The monoisotopic (exact) mass is 511 g/mol. The molecule has 1 fully saturated rings. The van der Waals surface area contributed by atoms with Crippen molar-refractivity contribution in [1.29, 1.82) is 0 Å². The van der Waals surface area contributed by atoms with Gasteiger partial charge in [0.25, 0.3) is 11.8 Å². The number of aryl methyl sites for hydroxylation is 1. The van der Waals surface area contributed by atoms with Crippen molar-refractivity contribution in [3.8, 4) is 0 Å². The Kier molecular flexibility index (Phi) is 10.1. The Bertz CT molecular complexity index is 1150. The van der Waals surface area contributed by atoms with E-state index in [9.17, 15) is 19.5 Å². The zero-order valence-electron chi connectivity index (χ0n) is 22.1. The van der Waals surface area contributed by atoms with Gasteiger partial charge in [-0.15, -0.1) is 0 Å². The van der Waals surface area contributed by atoms with Gasteiger partial charge >= 0.3 is 29.6 Å². The smallest absolute Gasteiger partial charge is 0.550 e. The maximum Gasteiger partial charge on any atom is 1.00 e. The summed E-state index contributed by atoms with van der Waals surface area (Å²) < 4.78 is 0. The molecule has 37 heavy (non-hydrogen) atoms. The predicted molar refractivity (Wildman–Crippen MR) is 137 cm³/mol. The number of carbonyl (C=O) groups is 3. The topological polar surface area (TPSA) is 102 Å². The van der Waals surface area contributed by atoms with E-state index in [-0.39, 0.29) is 54.3 Å². The number of carboxylic acid groups (broad SMARTS) is 1. The van der Waals surface area contributed by atoms with E-state index in [0.717, 1.165) is 48.8 Å². The molecule has 1 saturated carbocycles. The van der Waals surface area contributed by atoms with Crippen LogP contribution in [0.25, 0.3) is 0 Å². The second kappa shape index (κ2) is 12.9. The molecule has 0 bridgehead atoms. The molecule has 2 aromatic rings. The van der Waals surface area contributed by atoms with Crippen LogP contribution in [0.4, 0.5) is 0 Å². The zero-order valence-corrected chi connectivity index (χ0v) is 24.1. The normalized spacial score (nSPS) is 20.9. The van der Waals surface area contributed by atoms with Gasteiger partial charge in [0.2, 0.25) is 0 Å². The van der Waals surface area contributed by atoms with E-state index in [1.54, 1.807) is 12.1 Å². The first-order valence-electron chi connectivity index (χ1n) is 12.9. The molecule has 7 nitrogen and oxygen atoms in total. The number of nitrogens with one attached hydrogen (secondary N) is 1. The third-order valence-corrected chi connectivity index (χ3v) is 7.50. The fourth-order valence-corrected chi connectivity index (χ4v) is 5.30. The molecule has 0 aromatic heterocycles. The largest absolute Gasteiger partial charge is 1.00 e. The Morgan fingerprint density at radius 3 is 2.46 bits per heavy atom. The molecular formula is C29H34N3NaO4. The maximum absolute atomic E-state index is 13.7. The molecule has 1 heterocycles. The Hall–Kier alpha value is -2.48. The van der Waals surface area contributed by atoms with Crippen LogP contribution in [0.2, 0.25) is 0 Å². The number of amides is 2. The summed E-state index contributed by atoms with van der Waals surface area (Å²) in [5, 5.41) is 13.1. The first kappa shape index (κ1) is 29.1. The Labute approximate surface area is 241 Å². The maximum atomic E-state index is 13.7. The van der Waals surface area contributed by atoms with Crippen molar-refractivity contribution < 1.29 is 49.0 Å². The van der Waals surface area contributed by atoms with Gasteiger partial charge in [0, 0.05) is 36.6 Å². The summed E-state index contributed by atoms with van der Waals surface area (Å²) in [7, 11) is 0. The molecule has 8 heteroatoms. The minimum atomic E-state index is -1.20. The number of benzene rings is 2. The average Bonchev–Trinajstić information content (AvgIpc) is 3.14. The van der Waals surface area contributed by atoms with E-state index in [1.165, 1.54) is 0 Å². The summed E-state index contributed by atoms with van der Waals surface area (Å²) >= 11 is 0. The fourth-order valence-electron chi connectivity index (χ4n) is 5.30. The molecule has 0 unspecified atom stereocenters. The van der Waals surface area contributed by atoms with Gasteiger partial charge < -0.3 is 20.1 Å². The summed E-state index contributed by atoms with van der Waals surface area (Å²) in [6.45, 7) is 4.85. The van der Waals surface area contributed by atoms with E-state index in [0.29, 0.717) is 30.2 Å². The number of aliphatic imine (C=N–C) groups is 1. The van der Waals surface area contributed by atoms with Gasteiger partial charge in [-0.1, -0.05) is 49.2 Å². The molecule has 1 N–H and O–H groups in total. The van der Waals surface area contributed by atoms with Gasteiger partial charge in [-0.25, -0.2) is 0 Å². The van der Waals surface area contributed by atoms with E-state index >= 15 is 0 Å². The number of rotatable bonds is 9. The summed E-state index contributed by atoms with van der Waals surface area (Å²) in [5.74, 6) is -0.825. The SMILES string of the molecule is CCC1CCC2(CC1)N=C(c1cccc(C)c1)C(=O)N2CCc1ccc(C(=O)NCCC(=O)[O-])cc1.[Na+]. The van der Waals surface area contributed by atoms with E-state index < -0.39 is 11.6 Å². The van der Waals surface area contributed by atoms with Crippen LogP contribution in [-0.2, 0) is 16.0 Å². The minimum Gasteiger partial charge on any atom is -0.550 e. The molecule has 0 saturated heterocycles. The molecule has 190 valence electrons. The van der Waals surface area contributed by atoms with Crippen LogP contribution in [0.15, 0.2) is 53.5 Å². The molecule has 0 radical (unpaired) electrons. The van der Waals surface area contributed by atoms with Gasteiger partial charge in [0.1, 0.15) is 11.4 Å². The molecule has 1 aliphatic heterocycles. The number of hydrogen-bond donors (Lipinski definition) is 1. The second-order valence-electron chi connectivity index (χ2n) is 9.95. The van der Waals surface area contributed by atoms with Crippen LogP contribution in [0.3, 0.4) is 0 Å². The van der Waals surface area contributed by atoms with Gasteiger partial charge in [-0.05, 0) is 68.7 Å². The number of hydrogen-bond acceptors (Lipinski definition) is 5. The third kappa shape index (κ3) is 6.89. The Morgan fingerprint density at radius 2 is 1.84 bits per heavy atom. The van der Waals surface area contributed by atoms with Crippen molar-refractivity contribution in [2.24, 2.45) is 10.9 Å². The third-order valence-electron chi connectivity index (χ3n) is 7.50. The van der Waals surface area contributed by atoms with E-state index in [4.69, 9.17) is 4.99 Å². The molecular weight excluding hydrogens is 477 g/mol. The fraction of sp³-hybridized carbons (Fsp3) is 0.448. The quantitative estimate of drug-likeness (QED) is 0.481. The van der Waals surface area contributed by atoms with Crippen molar-refractivity contribution >= 4 is 23.5 Å².